The number of rotatable bonds is 3. The number of alkyl halides is 3. The summed E-state index contributed by atoms with van der Waals surface area (Å²) in [6.07, 6.45) is -5.29. The number of phenols is 1. The molecule has 0 unspecified atom stereocenters. The first-order valence-electron chi connectivity index (χ1n) is 7.83. The summed E-state index contributed by atoms with van der Waals surface area (Å²) in [7, 11) is 0. The van der Waals surface area contributed by atoms with E-state index in [1.54, 1.807) is 12.1 Å². The number of phenolic OH excluding ortho intramolecular Hbond substituents is 1. The minimum absolute atomic E-state index is 0. The van der Waals surface area contributed by atoms with Crippen LogP contribution in [-0.4, -0.2) is 11.3 Å². The van der Waals surface area contributed by atoms with Crippen molar-refractivity contribution in [2.75, 3.05) is 0 Å². The SMILES string of the molecule is CC(C)(C)c1cc([C@H](N)CCC(F)(F)F)cc(C(C)(C)C)c1O.Cl. The molecule has 0 heterocycles. The van der Waals surface area contributed by atoms with Gasteiger partial charge in [-0.15, -0.1) is 12.4 Å². The summed E-state index contributed by atoms with van der Waals surface area (Å²) in [5.74, 6) is 0.205. The van der Waals surface area contributed by atoms with E-state index in [1.165, 1.54) is 0 Å². The molecule has 0 radical (unpaired) electrons. The van der Waals surface area contributed by atoms with Crippen molar-refractivity contribution in [3.8, 4) is 5.75 Å². The molecule has 2 nitrogen and oxygen atoms in total. The first kappa shape index (κ1) is 23.1. The zero-order valence-electron chi connectivity index (χ0n) is 15.2. The Bertz CT molecular complexity index is 522. The van der Waals surface area contributed by atoms with Crippen molar-refractivity contribution in [1.82, 2.24) is 0 Å². The first-order chi connectivity index (χ1) is 10.1. The molecule has 0 aliphatic rings. The first-order valence-corrected chi connectivity index (χ1v) is 7.83. The number of hydrogen-bond donors (Lipinski definition) is 2. The van der Waals surface area contributed by atoms with E-state index >= 15 is 0 Å². The average Bonchev–Trinajstić information content (AvgIpc) is 2.32. The van der Waals surface area contributed by atoms with Crippen molar-refractivity contribution in [2.45, 2.75) is 77.4 Å². The van der Waals surface area contributed by atoms with Gasteiger partial charge in [0.15, 0.2) is 0 Å². The van der Waals surface area contributed by atoms with E-state index in [9.17, 15) is 18.3 Å². The quantitative estimate of drug-likeness (QED) is 0.714. The number of benzene rings is 1. The Morgan fingerprint density at radius 2 is 1.33 bits per heavy atom. The van der Waals surface area contributed by atoms with Crippen LogP contribution in [-0.2, 0) is 10.8 Å². The van der Waals surface area contributed by atoms with E-state index in [0.717, 1.165) is 0 Å². The zero-order chi connectivity index (χ0) is 18.2. The number of aromatic hydroxyl groups is 1. The lowest BCUT2D eigenvalue weighted by Gasteiger charge is -2.29. The fraction of sp³-hybridized carbons (Fsp3) is 0.667. The Hall–Kier alpha value is -0.940. The van der Waals surface area contributed by atoms with Crippen LogP contribution in [0.5, 0.6) is 5.75 Å². The molecule has 6 heteroatoms. The molecule has 0 amide bonds. The molecule has 1 rings (SSSR count). The Morgan fingerprint density at radius 3 is 1.62 bits per heavy atom. The van der Waals surface area contributed by atoms with Gasteiger partial charge in [-0.1, -0.05) is 53.7 Å². The van der Waals surface area contributed by atoms with Crippen LogP contribution in [0.15, 0.2) is 12.1 Å². The molecular weight excluding hydrogens is 339 g/mol. The van der Waals surface area contributed by atoms with E-state index in [-0.39, 0.29) is 35.4 Å². The summed E-state index contributed by atoms with van der Waals surface area (Å²) in [5.41, 5.74) is 7.40. The second-order valence-electron chi connectivity index (χ2n) is 8.22. The molecule has 0 bridgehead atoms. The highest BCUT2D eigenvalue weighted by Gasteiger charge is 2.30. The molecule has 0 aliphatic heterocycles. The summed E-state index contributed by atoms with van der Waals surface area (Å²) in [4.78, 5) is 0. The van der Waals surface area contributed by atoms with Crippen molar-refractivity contribution in [3.05, 3.63) is 28.8 Å². The van der Waals surface area contributed by atoms with Crippen molar-refractivity contribution < 1.29 is 18.3 Å². The van der Waals surface area contributed by atoms with Crippen molar-refractivity contribution in [1.29, 1.82) is 0 Å². The van der Waals surface area contributed by atoms with Gasteiger partial charge in [0.2, 0.25) is 0 Å². The molecule has 0 fully saturated rings. The van der Waals surface area contributed by atoms with Crippen LogP contribution in [0, 0.1) is 0 Å². The standard InChI is InChI=1S/C18H28F3NO.ClH/c1-16(2,3)12-9-11(14(22)7-8-18(19,20)21)10-13(15(12)23)17(4,5)6;/h9-10,14,23H,7-8,22H2,1-6H3;1H/t14-;/m1./s1. The maximum Gasteiger partial charge on any atom is 0.389 e. The zero-order valence-corrected chi connectivity index (χ0v) is 16.0. The lowest BCUT2D eigenvalue weighted by atomic mass is 9.77. The third-order valence-electron chi connectivity index (χ3n) is 3.92. The lowest BCUT2D eigenvalue weighted by Crippen LogP contribution is -2.21. The van der Waals surface area contributed by atoms with Crippen molar-refractivity contribution in [2.24, 2.45) is 5.73 Å². The number of halogens is 4. The Morgan fingerprint density at radius 1 is 0.958 bits per heavy atom. The Labute approximate surface area is 149 Å². The summed E-state index contributed by atoms with van der Waals surface area (Å²) in [6, 6.07) is 2.77. The maximum absolute atomic E-state index is 12.4. The van der Waals surface area contributed by atoms with Gasteiger partial charge in [0, 0.05) is 12.5 Å². The highest BCUT2D eigenvalue weighted by molar-refractivity contribution is 5.85. The molecular formula is C18H29ClF3NO. The van der Waals surface area contributed by atoms with Gasteiger partial charge in [0.1, 0.15) is 5.75 Å². The van der Waals surface area contributed by atoms with Crippen LogP contribution in [0.1, 0.15) is 77.1 Å². The van der Waals surface area contributed by atoms with Crippen LogP contribution < -0.4 is 5.73 Å². The van der Waals surface area contributed by atoms with Crippen molar-refractivity contribution >= 4 is 12.4 Å². The van der Waals surface area contributed by atoms with Gasteiger partial charge in [-0.25, -0.2) is 0 Å². The molecule has 3 N–H and O–H groups in total. The van der Waals surface area contributed by atoms with Gasteiger partial charge in [-0.05, 0) is 33.9 Å². The van der Waals surface area contributed by atoms with Crippen LogP contribution in [0.25, 0.3) is 0 Å². The number of nitrogens with two attached hydrogens (primary N) is 1. The normalized spacial score (nSPS) is 14.2. The average molecular weight is 368 g/mol. The van der Waals surface area contributed by atoms with Gasteiger partial charge in [0.05, 0.1) is 0 Å². The van der Waals surface area contributed by atoms with E-state index in [0.29, 0.717) is 16.7 Å². The fourth-order valence-corrected chi connectivity index (χ4v) is 2.50. The van der Waals surface area contributed by atoms with Gasteiger partial charge in [-0.3, -0.25) is 0 Å². The van der Waals surface area contributed by atoms with E-state index in [1.807, 2.05) is 41.5 Å². The maximum atomic E-state index is 12.4. The molecule has 0 saturated carbocycles. The van der Waals surface area contributed by atoms with Crippen molar-refractivity contribution in [3.63, 3.8) is 0 Å². The second-order valence-corrected chi connectivity index (χ2v) is 8.22. The summed E-state index contributed by atoms with van der Waals surface area (Å²) in [5, 5.41) is 10.6. The largest absolute Gasteiger partial charge is 0.507 e. The second kappa shape index (κ2) is 7.52. The molecule has 0 aromatic heterocycles. The van der Waals surface area contributed by atoms with Gasteiger partial charge in [0.25, 0.3) is 0 Å². The summed E-state index contributed by atoms with van der Waals surface area (Å²) in [6.45, 7) is 11.7. The Balaban J connectivity index is 0.00000529. The highest BCUT2D eigenvalue weighted by Crippen LogP contribution is 2.41. The van der Waals surface area contributed by atoms with Crippen LogP contribution in [0.2, 0.25) is 0 Å². The third-order valence-corrected chi connectivity index (χ3v) is 3.92. The minimum Gasteiger partial charge on any atom is -0.507 e. The van der Waals surface area contributed by atoms with Crippen LogP contribution in [0.3, 0.4) is 0 Å². The minimum atomic E-state index is -4.21. The molecule has 1 aromatic rings. The predicted octanol–water partition coefficient (Wildman–Crippen LogP) is 5.75. The van der Waals surface area contributed by atoms with E-state index in [4.69, 9.17) is 5.73 Å². The molecule has 0 aliphatic carbocycles. The smallest absolute Gasteiger partial charge is 0.389 e. The lowest BCUT2D eigenvalue weighted by molar-refractivity contribution is -0.136. The van der Waals surface area contributed by atoms with Gasteiger partial charge in [-0.2, -0.15) is 13.2 Å². The van der Waals surface area contributed by atoms with Crippen LogP contribution >= 0.6 is 12.4 Å². The van der Waals surface area contributed by atoms with E-state index < -0.39 is 18.6 Å². The third kappa shape index (κ3) is 6.17. The molecule has 24 heavy (non-hydrogen) atoms. The fourth-order valence-electron chi connectivity index (χ4n) is 2.50. The molecule has 1 atom stereocenters. The topological polar surface area (TPSA) is 46.2 Å². The van der Waals surface area contributed by atoms with Crippen LogP contribution in [0.4, 0.5) is 13.2 Å². The molecule has 140 valence electrons. The molecule has 1 aromatic carbocycles. The predicted molar refractivity (Wildman–Crippen MR) is 95.0 cm³/mol. The number of hydrogen-bond acceptors (Lipinski definition) is 2. The molecule has 0 spiro atoms. The monoisotopic (exact) mass is 367 g/mol. The Kier molecular flexibility index (Phi) is 7.23. The van der Waals surface area contributed by atoms with Gasteiger partial charge >= 0.3 is 6.18 Å². The molecule has 0 saturated heterocycles. The van der Waals surface area contributed by atoms with Gasteiger partial charge < -0.3 is 10.8 Å². The van der Waals surface area contributed by atoms with E-state index in [2.05, 4.69) is 0 Å². The summed E-state index contributed by atoms with van der Waals surface area (Å²) >= 11 is 0. The highest BCUT2D eigenvalue weighted by atomic mass is 35.5. The summed E-state index contributed by atoms with van der Waals surface area (Å²) < 4.78 is 37.3.